The normalized spacial score (nSPS) is 15.3. The number of halogens is 3. The number of rotatable bonds is 5. The molecule has 0 spiro atoms. The third-order valence-electron chi connectivity index (χ3n) is 8.41. The predicted molar refractivity (Wildman–Crippen MR) is 148 cm³/mol. The fraction of sp³-hybridized carbons (Fsp3) is 0.419. The van der Waals surface area contributed by atoms with Crippen LogP contribution in [0.15, 0.2) is 42.6 Å². The first-order valence-electron chi connectivity index (χ1n) is 13.4. The summed E-state index contributed by atoms with van der Waals surface area (Å²) in [5, 5.41) is 6.13. The number of fused-ring (bicyclic) bond motifs is 2. The van der Waals surface area contributed by atoms with Crippen LogP contribution in [0.25, 0.3) is 27.8 Å². The number of hydrogen-bond donors (Lipinski definition) is 1. The molecule has 8 heteroatoms. The molecule has 1 amide bonds. The van der Waals surface area contributed by atoms with Gasteiger partial charge in [-0.05, 0) is 70.2 Å². The Labute approximate surface area is 227 Å². The molecule has 0 radical (unpaired) electrons. The molecule has 0 unspecified atom stereocenters. The van der Waals surface area contributed by atoms with Crippen LogP contribution in [0.1, 0.15) is 69.5 Å². The van der Waals surface area contributed by atoms with Gasteiger partial charge >= 0.3 is 6.18 Å². The van der Waals surface area contributed by atoms with Crippen molar-refractivity contribution in [3.8, 4) is 16.9 Å². The van der Waals surface area contributed by atoms with Crippen molar-refractivity contribution in [2.75, 3.05) is 0 Å². The highest BCUT2D eigenvalue weighted by Crippen LogP contribution is 2.49. The first-order valence-corrected chi connectivity index (χ1v) is 13.4. The lowest BCUT2D eigenvalue weighted by molar-refractivity contribution is -0.220. The number of aromatic amines is 1. The first kappa shape index (κ1) is 27.0. The van der Waals surface area contributed by atoms with Gasteiger partial charge in [-0.3, -0.25) is 4.79 Å². The number of alkyl halides is 3. The molecule has 1 aliphatic heterocycles. The predicted octanol–water partition coefficient (Wildman–Crippen LogP) is 7.62. The summed E-state index contributed by atoms with van der Waals surface area (Å²) < 4.78 is 43.8. The lowest BCUT2D eigenvalue weighted by Crippen LogP contribution is -2.52. The van der Waals surface area contributed by atoms with Crippen LogP contribution in [0, 0.1) is 12.3 Å². The van der Waals surface area contributed by atoms with Crippen molar-refractivity contribution in [3.05, 3.63) is 70.5 Å². The topological polar surface area (TPSA) is 53.9 Å². The average molecular weight is 537 g/mol. The molecule has 2 aromatic heterocycles. The van der Waals surface area contributed by atoms with E-state index in [9.17, 15) is 18.0 Å². The second-order valence-corrected chi connectivity index (χ2v) is 11.5. The van der Waals surface area contributed by atoms with Crippen molar-refractivity contribution < 1.29 is 18.0 Å². The number of aromatic nitrogens is 3. The second-order valence-electron chi connectivity index (χ2n) is 11.5. The van der Waals surface area contributed by atoms with Gasteiger partial charge in [0, 0.05) is 28.2 Å². The molecule has 206 valence electrons. The van der Waals surface area contributed by atoms with Crippen LogP contribution in [0.4, 0.5) is 13.2 Å². The zero-order valence-corrected chi connectivity index (χ0v) is 23.5. The Morgan fingerprint density at radius 1 is 1.05 bits per heavy atom. The zero-order chi connectivity index (χ0) is 28.5. The molecule has 0 fully saturated rings. The molecule has 0 atom stereocenters. The minimum Gasteiger partial charge on any atom is -0.361 e. The van der Waals surface area contributed by atoms with Gasteiger partial charge in [0.15, 0.2) is 0 Å². The van der Waals surface area contributed by atoms with Gasteiger partial charge in [0.1, 0.15) is 5.41 Å². The number of carbonyl (C=O) groups is 1. The number of H-pyrrole nitrogens is 1. The van der Waals surface area contributed by atoms with E-state index in [-0.39, 0.29) is 6.54 Å². The highest BCUT2D eigenvalue weighted by molar-refractivity contribution is 5.97. The minimum atomic E-state index is -4.67. The third-order valence-corrected chi connectivity index (χ3v) is 8.41. The molecule has 1 N–H and O–H groups in total. The molecule has 0 saturated carbocycles. The van der Waals surface area contributed by atoms with Gasteiger partial charge in [-0.25, -0.2) is 4.68 Å². The Kier molecular flexibility index (Phi) is 6.24. The molecule has 4 aromatic rings. The van der Waals surface area contributed by atoms with Crippen LogP contribution in [0.5, 0.6) is 0 Å². The highest BCUT2D eigenvalue weighted by atomic mass is 19.4. The smallest absolute Gasteiger partial charge is 0.361 e. The zero-order valence-electron chi connectivity index (χ0n) is 23.5. The molecule has 5 nitrogen and oxygen atoms in total. The standard InChI is InChI=1S/C31H35F3N4O/c1-8-19-11-10-12-20(9-2)25(19)38-26(22-14-13-18(3)24-21(22)15-16-35-24)23-17-37(30(6,7)27(23)36-38)28(39)29(4,5)31(32,33)34/h10-16,35H,8-9,17H2,1-7H3. The van der Waals surface area contributed by atoms with E-state index in [0.717, 1.165) is 76.8 Å². The maximum atomic E-state index is 13.9. The van der Waals surface area contributed by atoms with Crippen LogP contribution < -0.4 is 0 Å². The summed E-state index contributed by atoms with van der Waals surface area (Å²) in [6.07, 6.45) is -1.18. The Bertz CT molecular complexity index is 1570. The molecule has 0 saturated heterocycles. The van der Waals surface area contributed by atoms with Crippen LogP contribution in [0.2, 0.25) is 0 Å². The number of hydrogen-bond acceptors (Lipinski definition) is 2. The lowest BCUT2D eigenvalue weighted by Gasteiger charge is -2.38. The van der Waals surface area contributed by atoms with Crippen molar-refractivity contribution in [1.82, 2.24) is 19.7 Å². The number of para-hydroxylation sites is 1. The number of benzene rings is 2. The maximum absolute atomic E-state index is 13.9. The Hall–Kier alpha value is -3.55. The second kappa shape index (κ2) is 9.00. The van der Waals surface area contributed by atoms with Crippen molar-refractivity contribution in [1.29, 1.82) is 0 Å². The van der Waals surface area contributed by atoms with E-state index >= 15 is 0 Å². The molecule has 1 aliphatic rings. The lowest BCUT2D eigenvalue weighted by atomic mass is 9.88. The van der Waals surface area contributed by atoms with Crippen LogP contribution in [-0.4, -0.2) is 31.7 Å². The number of aryl methyl sites for hydroxylation is 3. The summed E-state index contributed by atoms with van der Waals surface area (Å²) in [4.78, 5) is 18.2. The Balaban J connectivity index is 1.81. The molecule has 0 bridgehead atoms. The van der Waals surface area contributed by atoms with Crippen molar-refractivity contribution in [3.63, 3.8) is 0 Å². The maximum Gasteiger partial charge on any atom is 0.402 e. The third kappa shape index (κ3) is 3.90. The summed E-state index contributed by atoms with van der Waals surface area (Å²) in [6.45, 7) is 11.8. The van der Waals surface area contributed by atoms with Crippen LogP contribution >= 0.6 is 0 Å². The molecule has 39 heavy (non-hydrogen) atoms. The van der Waals surface area contributed by atoms with Crippen molar-refractivity contribution in [2.24, 2.45) is 5.41 Å². The van der Waals surface area contributed by atoms with Gasteiger partial charge in [0.05, 0.1) is 29.2 Å². The summed E-state index contributed by atoms with van der Waals surface area (Å²) in [5.74, 6) is -0.950. The quantitative estimate of drug-likeness (QED) is 0.285. The van der Waals surface area contributed by atoms with Gasteiger partial charge in [-0.1, -0.05) is 44.2 Å². The summed E-state index contributed by atoms with van der Waals surface area (Å²) in [6, 6.07) is 12.4. The van der Waals surface area contributed by atoms with Crippen LogP contribution in [-0.2, 0) is 29.7 Å². The summed E-state index contributed by atoms with van der Waals surface area (Å²) >= 11 is 0. The van der Waals surface area contributed by atoms with Crippen molar-refractivity contribution in [2.45, 2.75) is 79.6 Å². The number of nitrogens with zero attached hydrogens (tertiary/aromatic N) is 3. The van der Waals surface area contributed by atoms with Gasteiger partial charge in [-0.2, -0.15) is 18.3 Å². The van der Waals surface area contributed by atoms with E-state index in [1.54, 1.807) is 13.8 Å². The molecule has 0 aliphatic carbocycles. The molecular formula is C31H35F3N4O. The minimum absolute atomic E-state index is 0.0472. The SMILES string of the molecule is CCc1cccc(CC)c1-n1nc2c(c1-c1ccc(C)c3[nH]ccc13)CN(C(=O)C(C)(C)C(F)(F)F)C2(C)C. The Morgan fingerprint density at radius 3 is 2.28 bits per heavy atom. The average Bonchev–Trinajstić information content (AvgIpc) is 3.57. The fourth-order valence-electron chi connectivity index (χ4n) is 5.79. The van der Waals surface area contributed by atoms with E-state index in [1.165, 1.54) is 4.90 Å². The summed E-state index contributed by atoms with van der Waals surface area (Å²) in [7, 11) is 0. The van der Waals surface area contributed by atoms with E-state index in [4.69, 9.17) is 5.10 Å². The molecule has 5 rings (SSSR count). The summed E-state index contributed by atoms with van der Waals surface area (Å²) in [5.41, 5.74) is 4.96. The van der Waals surface area contributed by atoms with Gasteiger partial charge < -0.3 is 9.88 Å². The van der Waals surface area contributed by atoms with E-state index in [0.29, 0.717) is 5.69 Å². The van der Waals surface area contributed by atoms with Gasteiger partial charge in [0.25, 0.3) is 0 Å². The number of amides is 1. The van der Waals surface area contributed by atoms with Crippen molar-refractivity contribution >= 4 is 16.8 Å². The first-order chi connectivity index (χ1) is 18.3. The fourth-order valence-corrected chi connectivity index (χ4v) is 5.79. The van der Waals surface area contributed by atoms with Gasteiger partial charge in [0.2, 0.25) is 5.91 Å². The van der Waals surface area contributed by atoms with E-state index < -0.39 is 23.0 Å². The van der Waals surface area contributed by atoms with E-state index in [2.05, 4.69) is 43.1 Å². The molecule has 2 aromatic carbocycles. The number of nitrogens with one attached hydrogen (secondary N) is 1. The molecule has 3 heterocycles. The van der Waals surface area contributed by atoms with E-state index in [1.807, 2.05) is 29.9 Å². The van der Waals surface area contributed by atoms with Crippen LogP contribution in [0.3, 0.4) is 0 Å². The monoisotopic (exact) mass is 536 g/mol. The highest BCUT2D eigenvalue weighted by Gasteiger charge is 2.58. The molecular weight excluding hydrogens is 501 g/mol. The van der Waals surface area contributed by atoms with Gasteiger partial charge in [-0.15, -0.1) is 0 Å². The Morgan fingerprint density at radius 2 is 1.69 bits per heavy atom. The number of carbonyl (C=O) groups excluding carboxylic acids is 1. The largest absolute Gasteiger partial charge is 0.402 e.